The van der Waals surface area contributed by atoms with E-state index in [4.69, 9.17) is 23.9 Å². The number of carbonyl (C=O) groups is 2. The van der Waals surface area contributed by atoms with Crippen molar-refractivity contribution in [3.63, 3.8) is 0 Å². The van der Waals surface area contributed by atoms with Gasteiger partial charge in [-0.1, -0.05) is 19.6 Å². The number of ether oxygens (including phenoxy) is 4. The third-order valence-corrected chi connectivity index (χ3v) is 9.31. The lowest BCUT2D eigenvalue weighted by molar-refractivity contribution is 0.0480. The van der Waals surface area contributed by atoms with E-state index in [1.165, 1.54) is 6.20 Å². The van der Waals surface area contributed by atoms with Gasteiger partial charge in [-0.15, -0.1) is 10.2 Å². The van der Waals surface area contributed by atoms with Crippen LogP contribution in [0.3, 0.4) is 0 Å². The summed E-state index contributed by atoms with van der Waals surface area (Å²) in [6, 6.07) is 4.60. The largest absolute Gasteiger partial charge is 0.444 e. The molecule has 15 nitrogen and oxygen atoms in total. The lowest BCUT2D eigenvalue weighted by atomic mass is 9.90. The molecule has 266 valence electrons. The second-order valence-corrected chi connectivity index (χ2v) is 21.2. The fourth-order valence-electron chi connectivity index (χ4n) is 5.40. The number of carbonyl (C=O) groups excluding carboxylic acids is 2. The molecule has 4 heterocycles. The molecule has 0 saturated heterocycles. The van der Waals surface area contributed by atoms with Crippen LogP contribution in [0.4, 0.5) is 9.59 Å². The second kappa shape index (κ2) is 14.3. The number of aromatic nitrogens is 8. The molecular weight excluding hydrogens is 647 g/mol. The van der Waals surface area contributed by atoms with E-state index in [1.54, 1.807) is 44.0 Å². The van der Waals surface area contributed by atoms with E-state index >= 15 is 0 Å². The lowest BCUT2D eigenvalue weighted by Crippen LogP contribution is -2.41. The minimum Gasteiger partial charge on any atom is -0.444 e. The molecule has 4 aromatic heterocycles. The van der Waals surface area contributed by atoms with Gasteiger partial charge in [0.2, 0.25) is 5.88 Å². The molecule has 4 aromatic rings. The Balaban J connectivity index is 1.43. The summed E-state index contributed by atoms with van der Waals surface area (Å²) < 4.78 is 27.8. The summed E-state index contributed by atoms with van der Waals surface area (Å²) in [4.78, 5) is 39.2. The maximum Gasteiger partial charge on any atom is 0.435 e. The predicted octanol–water partition coefficient (Wildman–Crippen LogP) is 6.78. The zero-order valence-electron chi connectivity index (χ0n) is 30.0. The number of fused-ring (bicyclic) bond motifs is 1. The molecule has 1 amide bonds. The molecule has 1 aliphatic carbocycles. The molecule has 0 bridgehead atoms. The van der Waals surface area contributed by atoms with E-state index in [2.05, 4.69) is 45.1 Å². The number of imidazole rings is 1. The van der Waals surface area contributed by atoms with Crippen molar-refractivity contribution in [3.8, 4) is 23.4 Å². The number of hydrogen-bond acceptors (Lipinski definition) is 11. The van der Waals surface area contributed by atoms with Crippen LogP contribution in [0, 0.1) is 0 Å². The van der Waals surface area contributed by atoms with Gasteiger partial charge in [-0.25, -0.2) is 19.3 Å². The first-order valence-electron chi connectivity index (χ1n) is 16.7. The number of amides is 1. The van der Waals surface area contributed by atoms with Gasteiger partial charge in [-0.05, 0) is 79.3 Å². The van der Waals surface area contributed by atoms with E-state index in [-0.39, 0.29) is 24.0 Å². The molecule has 16 heteroatoms. The highest BCUT2D eigenvalue weighted by Gasteiger charge is 2.30. The maximum absolute atomic E-state index is 12.7. The fraction of sp³-hybridized carbons (Fsp3) is 0.606. The average Bonchev–Trinajstić information content (AvgIpc) is 3.72. The van der Waals surface area contributed by atoms with Crippen LogP contribution in [0.5, 0.6) is 11.9 Å². The molecule has 0 aliphatic heterocycles. The van der Waals surface area contributed by atoms with Crippen LogP contribution < -0.4 is 10.1 Å². The molecule has 5 rings (SSSR count). The Bertz CT molecular complexity index is 1760. The van der Waals surface area contributed by atoms with E-state index in [1.807, 2.05) is 31.4 Å². The Labute approximate surface area is 287 Å². The van der Waals surface area contributed by atoms with Gasteiger partial charge in [0.15, 0.2) is 5.82 Å². The molecule has 0 radical (unpaired) electrons. The Morgan fingerprint density at radius 1 is 1.02 bits per heavy atom. The van der Waals surface area contributed by atoms with Crippen LogP contribution in [-0.2, 0) is 20.9 Å². The SMILES string of the molecule is CC(C)(C)OC(=O)N[C@H]1CCC[C@@H](n2c(Oc3ccn(C(=O)OC(C)(C)C)n3)nc3cnc(-c4ncn(COCC[Si](C)(C)C)n4)cc32)C1. The normalized spacial score (nSPS) is 17.2. The van der Waals surface area contributed by atoms with Crippen molar-refractivity contribution in [2.45, 2.75) is 123 Å². The van der Waals surface area contributed by atoms with Gasteiger partial charge < -0.3 is 24.3 Å². The number of alkyl carbamates (subject to hydrolysis) is 1. The second-order valence-electron chi connectivity index (χ2n) is 15.6. The monoisotopic (exact) mass is 695 g/mol. The van der Waals surface area contributed by atoms with Crippen LogP contribution >= 0.6 is 0 Å². The quantitative estimate of drug-likeness (QED) is 0.137. The smallest absolute Gasteiger partial charge is 0.435 e. The Hall–Kier alpha value is -4.31. The first-order chi connectivity index (χ1) is 22.9. The van der Waals surface area contributed by atoms with Crippen LogP contribution in [0.2, 0.25) is 25.7 Å². The van der Waals surface area contributed by atoms with Gasteiger partial charge in [0, 0.05) is 39.0 Å². The molecule has 2 atom stereocenters. The van der Waals surface area contributed by atoms with Crippen molar-refractivity contribution < 1.29 is 28.5 Å². The maximum atomic E-state index is 12.7. The van der Waals surface area contributed by atoms with Gasteiger partial charge in [-0.2, -0.15) is 9.67 Å². The average molecular weight is 696 g/mol. The van der Waals surface area contributed by atoms with Crippen molar-refractivity contribution >= 4 is 31.3 Å². The minimum absolute atomic E-state index is 0.0952. The highest BCUT2D eigenvalue weighted by atomic mass is 28.3. The Kier molecular flexibility index (Phi) is 10.5. The van der Waals surface area contributed by atoms with E-state index < -0.39 is 31.5 Å². The van der Waals surface area contributed by atoms with E-state index in [9.17, 15) is 9.59 Å². The summed E-state index contributed by atoms with van der Waals surface area (Å²) >= 11 is 0. The number of nitrogens with one attached hydrogen (secondary N) is 1. The van der Waals surface area contributed by atoms with E-state index in [0.29, 0.717) is 36.8 Å². The molecule has 0 spiro atoms. The first-order valence-corrected chi connectivity index (χ1v) is 20.5. The van der Waals surface area contributed by atoms with Crippen LogP contribution in [-0.4, -0.2) is 83.2 Å². The summed E-state index contributed by atoms with van der Waals surface area (Å²) in [7, 11) is -1.20. The highest BCUT2D eigenvalue weighted by molar-refractivity contribution is 6.76. The summed E-state index contributed by atoms with van der Waals surface area (Å²) in [6.07, 6.45) is 6.82. The number of pyridine rings is 1. The molecule has 1 fully saturated rings. The molecule has 1 saturated carbocycles. The van der Waals surface area contributed by atoms with Crippen LogP contribution in [0.25, 0.3) is 22.6 Å². The van der Waals surface area contributed by atoms with Gasteiger partial charge in [0.05, 0.1) is 11.7 Å². The zero-order chi connectivity index (χ0) is 35.6. The molecule has 1 N–H and O–H groups in total. The summed E-state index contributed by atoms with van der Waals surface area (Å²) in [6.45, 7) is 18.8. The molecule has 49 heavy (non-hydrogen) atoms. The summed E-state index contributed by atoms with van der Waals surface area (Å²) in [5, 5.41) is 11.9. The minimum atomic E-state index is -1.20. The van der Waals surface area contributed by atoms with Crippen molar-refractivity contribution in [3.05, 3.63) is 30.9 Å². The summed E-state index contributed by atoms with van der Waals surface area (Å²) in [5.41, 5.74) is 0.639. The van der Waals surface area contributed by atoms with Gasteiger partial charge >= 0.3 is 18.2 Å². The van der Waals surface area contributed by atoms with Crippen molar-refractivity contribution in [2.24, 2.45) is 0 Å². The summed E-state index contributed by atoms with van der Waals surface area (Å²) in [5.74, 6) is 0.625. The molecule has 1 aliphatic rings. The third-order valence-electron chi connectivity index (χ3n) is 7.60. The fourth-order valence-corrected chi connectivity index (χ4v) is 6.16. The Morgan fingerprint density at radius 2 is 1.78 bits per heavy atom. The molecule has 0 unspecified atom stereocenters. The zero-order valence-corrected chi connectivity index (χ0v) is 31.0. The Morgan fingerprint density at radius 3 is 2.49 bits per heavy atom. The van der Waals surface area contributed by atoms with Gasteiger partial charge in [0.25, 0.3) is 0 Å². The molecule has 0 aromatic carbocycles. The van der Waals surface area contributed by atoms with Crippen LogP contribution in [0.15, 0.2) is 30.9 Å². The van der Waals surface area contributed by atoms with Crippen LogP contribution in [0.1, 0.15) is 73.3 Å². The molecular formula is C33H49N9O6Si. The number of hydrogen-bond donors (Lipinski definition) is 1. The topological polar surface area (TPSA) is 162 Å². The standard InChI is InChI=1S/C33H49N9O6Si/c1-32(2,3)47-30(43)36-22-11-10-12-23(17-22)42-26-18-24(28-35-20-40(39-28)21-45-15-16-49(7,8)9)34-19-25(26)37-29(42)46-27-13-14-41(38-27)31(44)48-33(4,5)6/h13-14,18-20,22-23H,10-12,15-17,21H2,1-9H3,(H,36,43)/t22-,23+/m0/s1. The van der Waals surface area contributed by atoms with Gasteiger partial charge in [0.1, 0.15) is 35.5 Å². The number of rotatable bonds is 10. The first kappa shape index (κ1) is 36.0. The number of nitrogens with zero attached hydrogens (tertiary/aromatic N) is 8. The van der Waals surface area contributed by atoms with E-state index in [0.717, 1.165) is 35.5 Å². The lowest BCUT2D eigenvalue weighted by Gasteiger charge is -2.32. The van der Waals surface area contributed by atoms with Crippen molar-refractivity contribution in [1.82, 2.24) is 44.4 Å². The third kappa shape index (κ3) is 10.1. The van der Waals surface area contributed by atoms with Gasteiger partial charge in [-0.3, -0.25) is 9.55 Å². The predicted molar refractivity (Wildman–Crippen MR) is 185 cm³/mol. The van der Waals surface area contributed by atoms with Crippen molar-refractivity contribution in [2.75, 3.05) is 6.61 Å². The van der Waals surface area contributed by atoms with Crippen molar-refractivity contribution in [1.29, 1.82) is 0 Å². The highest BCUT2D eigenvalue weighted by Crippen LogP contribution is 2.37.